The van der Waals surface area contributed by atoms with E-state index >= 15 is 0 Å². The Labute approximate surface area is 183 Å². The van der Waals surface area contributed by atoms with E-state index in [1.54, 1.807) is 24.3 Å². The van der Waals surface area contributed by atoms with E-state index in [-0.39, 0.29) is 16.7 Å². The third-order valence-electron chi connectivity index (χ3n) is 4.13. The van der Waals surface area contributed by atoms with Crippen LogP contribution in [-0.2, 0) is 9.59 Å². The van der Waals surface area contributed by atoms with Gasteiger partial charge in [-0.2, -0.15) is 0 Å². The van der Waals surface area contributed by atoms with E-state index in [4.69, 9.17) is 9.47 Å². The van der Waals surface area contributed by atoms with Gasteiger partial charge in [0.1, 0.15) is 12.4 Å². The Hall–Kier alpha value is -3.33. The number of hydrogen-bond donors (Lipinski definition) is 1. The zero-order valence-corrected chi connectivity index (χ0v) is 18.0. The second-order valence-corrected chi connectivity index (χ2v) is 7.90. The number of benzene rings is 2. The van der Waals surface area contributed by atoms with Gasteiger partial charge in [0.15, 0.2) is 11.5 Å². The number of nitrogens with zero attached hydrogens (tertiary/aromatic N) is 1. The van der Waals surface area contributed by atoms with Gasteiger partial charge in [-0.15, -0.1) is 0 Å². The number of thioether (sulfide) groups is 1. The SMILES string of the molecule is COc1cc(/C=C2/SC(=O)N(CC(=O)Nc3cccc(F)c3)C2=O)ccc1OC(C)C. The second kappa shape index (κ2) is 9.65. The first-order chi connectivity index (χ1) is 14.8. The predicted molar refractivity (Wildman–Crippen MR) is 116 cm³/mol. The summed E-state index contributed by atoms with van der Waals surface area (Å²) >= 11 is 0.742. The number of anilines is 1. The standard InChI is InChI=1S/C22H21FN2O5S/c1-13(2)30-17-8-7-14(9-18(17)29-3)10-19-21(27)25(22(28)31-19)12-20(26)24-16-6-4-5-15(23)11-16/h4-11,13H,12H2,1-3H3,(H,24,26)/b19-10+. The lowest BCUT2D eigenvalue weighted by Crippen LogP contribution is -2.36. The van der Waals surface area contributed by atoms with Crippen molar-refractivity contribution in [1.29, 1.82) is 0 Å². The fraction of sp³-hybridized carbons (Fsp3) is 0.227. The van der Waals surface area contributed by atoms with Gasteiger partial charge in [-0.1, -0.05) is 12.1 Å². The lowest BCUT2D eigenvalue weighted by Gasteiger charge is -2.14. The molecule has 2 aromatic carbocycles. The van der Waals surface area contributed by atoms with Crippen molar-refractivity contribution < 1.29 is 28.2 Å². The fourth-order valence-corrected chi connectivity index (χ4v) is 3.66. The number of carbonyl (C=O) groups excluding carboxylic acids is 3. The molecule has 31 heavy (non-hydrogen) atoms. The average Bonchev–Trinajstić information content (AvgIpc) is 2.96. The maximum atomic E-state index is 13.2. The average molecular weight is 444 g/mol. The van der Waals surface area contributed by atoms with Gasteiger partial charge in [0.2, 0.25) is 5.91 Å². The van der Waals surface area contributed by atoms with E-state index in [2.05, 4.69) is 5.32 Å². The van der Waals surface area contributed by atoms with Crippen molar-refractivity contribution in [1.82, 2.24) is 4.90 Å². The number of ether oxygens (including phenoxy) is 2. The molecule has 0 spiro atoms. The fourth-order valence-electron chi connectivity index (χ4n) is 2.82. The van der Waals surface area contributed by atoms with Crippen LogP contribution in [0, 0.1) is 5.82 Å². The number of carbonyl (C=O) groups is 3. The van der Waals surface area contributed by atoms with E-state index in [1.807, 2.05) is 13.8 Å². The van der Waals surface area contributed by atoms with E-state index in [0.717, 1.165) is 22.7 Å². The molecule has 0 unspecified atom stereocenters. The van der Waals surface area contributed by atoms with Crippen molar-refractivity contribution in [3.63, 3.8) is 0 Å². The molecule has 9 heteroatoms. The molecule has 0 atom stereocenters. The van der Waals surface area contributed by atoms with E-state index < -0.39 is 29.4 Å². The minimum Gasteiger partial charge on any atom is -0.493 e. The molecule has 162 valence electrons. The largest absolute Gasteiger partial charge is 0.493 e. The molecule has 7 nitrogen and oxygen atoms in total. The maximum absolute atomic E-state index is 13.2. The molecule has 2 aromatic rings. The lowest BCUT2D eigenvalue weighted by molar-refractivity contribution is -0.127. The van der Waals surface area contributed by atoms with Crippen LogP contribution in [0.1, 0.15) is 19.4 Å². The van der Waals surface area contributed by atoms with Crippen molar-refractivity contribution in [2.24, 2.45) is 0 Å². The Morgan fingerprint density at radius 2 is 1.97 bits per heavy atom. The summed E-state index contributed by atoms with van der Waals surface area (Å²) in [7, 11) is 1.51. The molecule has 0 bridgehead atoms. The summed E-state index contributed by atoms with van der Waals surface area (Å²) in [6.45, 7) is 3.32. The monoisotopic (exact) mass is 444 g/mol. The van der Waals surface area contributed by atoms with Crippen LogP contribution in [0.4, 0.5) is 14.9 Å². The number of halogens is 1. The number of imide groups is 1. The Bertz CT molecular complexity index is 1050. The molecule has 0 aliphatic carbocycles. The van der Waals surface area contributed by atoms with Crippen LogP contribution in [0.2, 0.25) is 0 Å². The highest BCUT2D eigenvalue weighted by Gasteiger charge is 2.36. The molecular formula is C22H21FN2O5S. The van der Waals surface area contributed by atoms with Crippen LogP contribution in [0.25, 0.3) is 6.08 Å². The highest BCUT2D eigenvalue weighted by Crippen LogP contribution is 2.34. The van der Waals surface area contributed by atoms with Crippen LogP contribution in [0.15, 0.2) is 47.4 Å². The quantitative estimate of drug-likeness (QED) is 0.641. The summed E-state index contributed by atoms with van der Waals surface area (Å²) in [5, 5.41) is 1.91. The number of nitrogens with one attached hydrogen (secondary N) is 1. The first-order valence-electron chi connectivity index (χ1n) is 9.42. The smallest absolute Gasteiger partial charge is 0.294 e. The van der Waals surface area contributed by atoms with Crippen molar-refractivity contribution >= 4 is 40.6 Å². The third kappa shape index (κ3) is 5.64. The van der Waals surface area contributed by atoms with Crippen molar-refractivity contribution in [2.45, 2.75) is 20.0 Å². The first-order valence-corrected chi connectivity index (χ1v) is 10.2. The van der Waals surface area contributed by atoms with Crippen LogP contribution >= 0.6 is 11.8 Å². The molecule has 3 rings (SSSR count). The van der Waals surface area contributed by atoms with Crippen molar-refractivity contribution in [3.05, 3.63) is 58.8 Å². The van der Waals surface area contributed by atoms with Gasteiger partial charge in [0.05, 0.1) is 18.1 Å². The van der Waals surface area contributed by atoms with E-state index in [1.165, 1.54) is 25.3 Å². The summed E-state index contributed by atoms with van der Waals surface area (Å²) < 4.78 is 24.3. The number of amides is 3. The summed E-state index contributed by atoms with van der Waals surface area (Å²) in [6, 6.07) is 10.5. The first kappa shape index (κ1) is 22.4. The Kier molecular flexibility index (Phi) is 6.96. The summed E-state index contributed by atoms with van der Waals surface area (Å²) in [4.78, 5) is 38.2. The zero-order valence-electron chi connectivity index (χ0n) is 17.2. The van der Waals surface area contributed by atoms with Crippen molar-refractivity contribution in [2.75, 3.05) is 19.0 Å². The van der Waals surface area contributed by atoms with E-state index in [0.29, 0.717) is 17.1 Å². The predicted octanol–water partition coefficient (Wildman–Crippen LogP) is 4.30. The Morgan fingerprint density at radius 3 is 2.65 bits per heavy atom. The summed E-state index contributed by atoms with van der Waals surface area (Å²) in [6.07, 6.45) is 1.52. The Morgan fingerprint density at radius 1 is 1.19 bits per heavy atom. The minimum absolute atomic E-state index is 0.0326. The highest BCUT2D eigenvalue weighted by molar-refractivity contribution is 8.18. The molecule has 1 aliphatic rings. The molecular weight excluding hydrogens is 423 g/mol. The van der Waals surface area contributed by atoms with Gasteiger partial charge >= 0.3 is 0 Å². The zero-order chi connectivity index (χ0) is 22.5. The minimum atomic E-state index is -0.606. The maximum Gasteiger partial charge on any atom is 0.294 e. The molecule has 1 heterocycles. The third-order valence-corrected chi connectivity index (χ3v) is 5.04. The molecule has 1 saturated heterocycles. The molecule has 3 amide bonds. The van der Waals surface area contributed by atoms with Crippen LogP contribution in [-0.4, -0.2) is 41.7 Å². The van der Waals surface area contributed by atoms with Crippen LogP contribution < -0.4 is 14.8 Å². The molecule has 1 N–H and O–H groups in total. The molecule has 0 radical (unpaired) electrons. The topological polar surface area (TPSA) is 84.9 Å². The van der Waals surface area contributed by atoms with Gasteiger partial charge in [-0.25, -0.2) is 4.39 Å². The van der Waals surface area contributed by atoms with Crippen LogP contribution in [0.3, 0.4) is 0 Å². The summed E-state index contributed by atoms with van der Waals surface area (Å²) in [5.41, 5.74) is 0.881. The van der Waals surface area contributed by atoms with Crippen LogP contribution in [0.5, 0.6) is 11.5 Å². The van der Waals surface area contributed by atoms with Gasteiger partial charge in [0, 0.05) is 5.69 Å². The second-order valence-electron chi connectivity index (χ2n) is 6.90. The number of methoxy groups -OCH3 is 1. The van der Waals surface area contributed by atoms with Gasteiger partial charge in [0.25, 0.3) is 11.1 Å². The molecule has 1 aliphatic heterocycles. The normalized spacial score (nSPS) is 15.0. The van der Waals surface area contributed by atoms with Gasteiger partial charge in [-0.3, -0.25) is 19.3 Å². The Balaban J connectivity index is 1.72. The molecule has 0 saturated carbocycles. The lowest BCUT2D eigenvalue weighted by atomic mass is 10.2. The van der Waals surface area contributed by atoms with Gasteiger partial charge < -0.3 is 14.8 Å². The number of hydrogen-bond acceptors (Lipinski definition) is 6. The summed E-state index contributed by atoms with van der Waals surface area (Å²) in [5.74, 6) is -0.628. The number of rotatable bonds is 7. The van der Waals surface area contributed by atoms with Gasteiger partial charge in [-0.05, 0) is 67.6 Å². The molecule has 0 aromatic heterocycles. The van der Waals surface area contributed by atoms with Crippen molar-refractivity contribution in [3.8, 4) is 11.5 Å². The highest BCUT2D eigenvalue weighted by atomic mass is 32.2. The molecule has 1 fully saturated rings. The van der Waals surface area contributed by atoms with E-state index in [9.17, 15) is 18.8 Å².